The predicted octanol–water partition coefficient (Wildman–Crippen LogP) is 3.53. The molecule has 2 fully saturated rings. The first-order valence-electron chi connectivity index (χ1n) is 11.0. The van der Waals surface area contributed by atoms with Crippen molar-refractivity contribution in [2.75, 3.05) is 19.7 Å². The van der Waals surface area contributed by atoms with Gasteiger partial charge in [0, 0.05) is 24.6 Å². The molecule has 2 aromatic rings. The normalized spacial score (nSPS) is 18.9. The Hall–Kier alpha value is -2.73. The van der Waals surface area contributed by atoms with Gasteiger partial charge >= 0.3 is 0 Å². The fraction of sp³-hybridized carbons (Fsp3) is 0.417. The van der Waals surface area contributed by atoms with Crippen LogP contribution in [-0.4, -0.2) is 38.9 Å². The first-order chi connectivity index (χ1) is 15.5. The van der Waals surface area contributed by atoms with Gasteiger partial charge in [-0.15, -0.1) is 4.83 Å². The molecule has 0 aromatic heterocycles. The lowest BCUT2D eigenvalue weighted by molar-refractivity contribution is 0.0967. The molecular formula is C24H27N3O4S. The van der Waals surface area contributed by atoms with Crippen LogP contribution in [0.3, 0.4) is 0 Å². The van der Waals surface area contributed by atoms with Crippen molar-refractivity contribution < 1.29 is 17.9 Å². The summed E-state index contributed by atoms with van der Waals surface area (Å²) in [5.41, 5.74) is 0.892. The van der Waals surface area contributed by atoms with Gasteiger partial charge in [-0.05, 0) is 74.4 Å². The Morgan fingerprint density at radius 3 is 2.59 bits per heavy atom. The molecule has 0 radical (unpaired) electrons. The maximum Gasteiger partial charge on any atom is 0.254 e. The highest BCUT2D eigenvalue weighted by Crippen LogP contribution is 2.33. The van der Waals surface area contributed by atoms with E-state index in [1.54, 1.807) is 17.1 Å². The monoisotopic (exact) mass is 453 g/mol. The fourth-order valence-electron chi connectivity index (χ4n) is 4.02. The number of benzene rings is 2. The van der Waals surface area contributed by atoms with Gasteiger partial charge in [-0.3, -0.25) is 4.79 Å². The van der Waals surface area contributed by atoms with Gasteiger partial charge in [-0.1, -0.05) is 12.1 Å². The number of nitrogens with zero attached hydrogens (tertiary/aromatic N) is 2. The summed E-state index contributed by atoms with van der Waals surface area (Å²) in [7, 11) is -3.78. The van der Waals surface area contributed by atoms with Crippen molar-refractivity contribution in [3.63, 3.8) is 0 Å². The second-order valence-electron chi connectivity index (χ2n) is 8.46. The highest BCUT2D eigenvalue weighted by atomic mass is 32.2. The van der Waals surface area contributed by atoms with Gasteiger partial charge in [0.15, 0.2) is 5.78 Å². The van der Waals surface area contributed by atoms with Crippen molar-refractivity contribution in [1.82, 2.24) is 9.84 Å². The Morgan fingerprint density at radius 1 is 1.12 bits per heavy atom. The second-order valence-corrected chi connectivity index (χ2v) is 10.1. The van der Waals surface area contributed by atoms with E-state index in [9.17, 15) is 13.2 Å². The topological polar surface area (TPSA) is 99.5 Å². The van der Waals surface area contributed by atoms with E-state index in [0.717, 1.165) is 43.4 Å². The SMILES string of the molecule is N#Cc1ccccc1S(=O)(=O)NN1CC[C@@H](CCCOc2ccc(C(=O)C3CC3)cc2)C1. The Balaban J connectivity index is 1.19. The van der Waals surface area contributed by atoms with E-state index in [-0.39, 0.29) is 22.2 Å². The Kier molecular flexibility index (Phi) is 6.89. The molecule has 1 N–H and O–H groups in total. The van der Waals surface area contributed by atoms with Crippen LogP contribution in [0.15, 0.2) is 53.4 Å². The van der Waals surface area contributed by atoms with Gasteiger partial charge in [-0.25, -0.2) is 13.4 Å². The molecule has 7 nitrogen and oxygen atoms in total. The maximum absolute atomic E-state index is 12.7. The van der Waals surface area contributed by atoms with Crippen molar-refractivity contribution in [2.24, 2.45) is 11.8 Å². The second kappa shape index (κ2) is 9.82. The molecule has 2 aliphatic rings. The number of hydrogen-bond donors (Lipinski definition) is 1. The van der Waals surface area contributed by atoms with Crippen LogP contribution in [0.2, 0.25) is 0 Å². The van der Waals surface area contributed by atoms with Gasteiger partial charge in [-0.2, -0.15) is 5.26 Å². The Morgan fingerprint density at radius 2 is 1.88 bits per heavy atom. The molecule has 1 aliphatic carbocycles. The lowest BCUT2D eigenvalue weighted by atomic mass is 10.0. The predicted molar refractivity (Wildman–Crippen MR) is 119 cm³/mol. The molecule has 1 aliphatic heterocycles. The zero-order valence-electron chi connectivity index (χ0n) is 17.9. The zero-order chi connectivity index (χ0) is 22.6. The van der Waals surface area contributed by atoms with Gasteiger partial charge in [0.1, 0.15) is 16.7 Å². The van der Waals surface area contributed by atoms with Gasteiger partial charge < -0.3 is 4.74 Å². The van der Waals surface area contributed by atoms with Crippen molar-refractivity contribution in [3.8, 4) is 11.8 Å². The van der Waals surface area contributed by atoms with Crippen LogP contribution in [0.25, 0.3) is 0 Å². The van der Waals surface area contributed by atoms with Crippen LogP contribution in [-0.2, 0) is 10.0 Å². The minimum atomic E-state index is -3.78. The molecular weight excluding hydrogens is 426 g/mol. The number of nitriles is 1. The van der Waals surface area contributed by atoms with Gasteiger partial charge in [0.2, 0.25) is 0 Å². The number of rotatable bonds is 10. The molecule has 1 atom stereocenters. The van der Waals surface area contributed by atoms with Gasteiger partial charge in [0.05, 0.1) is 12.2 Å². The molecule has 32 heavy (non-hydrogen) atoms. The van der Waals surface area contributed by atoms with Crippen LogP contribution in [0, 0.1) is 23.2 Å². The van der Waals surface area contributed by atoms with E-state index in [4.69, 9.17) is 10.00 Å². The van der Waals surface area contributed by atoms with Crippen LogP contribution in [0.4, 0.5) is 0 Å². The lowest BCUT2D eigenvalue weighted by Gasteiger charge is -2.18. The number of carbonyl (C=O) groups excluding carboxylic acids is 1. The highest BCUT2D eigenvalue weighted by Gasteiger charge is 2.30. The number of ether oxygens (including phenoxy) is 1. The van der Waals surface area contributed by atoms with Crippen LogP contribution in [0.5, 0.6) is 5.75 Å². The minimum Gasteiger partial charge on any atom is -0.494 e. The molecule has 0 spiro atoms. The third-order valence-corrected chi connectivity index (χ3v) is 7.38. The lowest BCUT2D eigenvalue weighted by Crippen LogP contribution is -2.40. The number of nitrogens with one attached hydrogen (secondary N) is 1. The van der Waals surface area contributed by atoms with E-state index >= 15 is 0 Å². The number of ketones is 1. The summed E-state index contributed by atoms with van der Waals surface area (Å²) in [6.45, 7) is 1.84. The average Bonchev–Trinajstić information content (AvgIpc) is 3.57. The molecule has 1 saturated heterocycles. The Bertz CT molecular complexity index is 1100. The van der Waals surface area contributed by atoms with E-state index in [1.807, 2.05) is 30.3 Å². The molecule has 8 heteroatoms. The maximum atomic E-state index is 12.7. The van der Waals surface area contributed by atoms with Crippen molar-refractivity contribution >= 4 is 15.8 Å². The summed E-state index contributed by atoms with van der Waals surface area (Å²) in [4.78, 5) is 14.7. The molecule has 1 saturated carbocycles. The van der Waals surface area contributed by atoms with E-state index < -0.39 is 10.0 Å². The minimum absolute atomic E-state index is 0.00389. The summed E-state index contributed by atoms with van der Waals surface area (Å²) >= 11 is 0. The van der Waals surface area contributed by atoms with E-state index in [2.05, 4.69) is 4.83 Å². The van der Waals surface area contributed by atoms with Crippen molar-refractivity contribution in [2.45, 2.75) is 37.0 Å². The molecule has 0 amide bonds. The summed E-state index contributed by atoms with van der Waals surface area (Å²) in [5, 5.41) is 10.9. The third-order valence-electron chi connectivity index (χ3n) is 5.94. The van der Waals surface area contributed by atoms with E-state index in [0.29, 0.717) is 25.6 Å². The standard InChI is InChI=1S/C24H27N3O4S/c25-16-21-5-1-2-6-23(21)32(29,30)26-27-14-13-18(17-27)4-3-15-31-22-11-9-20(10-12-22)24(28)19-7-8-19/h1-2,5-6,9-12,18-19,26H,3-4,7-8,13-15,17H2/t18-/m1/s1. The Labute approximate surface area is 189 Å². The van der Waals surface area contributed by atoms with Gasteiger partial charge in [0.25, 0.3) is 10.0 Å². The highest BCUT2D eigenvalue weighted by molar-refractivity contribution is 7.89. The first-order valence-corrected chi connectivity index (χ1v) is 12.5. The largest absolute Gasteiger partial charge is 0.494 e. The third kappa shape index (κ3) is 5.54. The molecule has 168 valence electrons. The summed E-state index contributed by atoms with van der Waals surface area (Å²) in [5.74, 6) is 1.59. The van der Waals surface area contributed by atoms with Crippen LogP contribution >= 0.6 is 0 Å². The quantitative estimate of drug-likeness (QED) is 0.436. The summed E-state index contributed by atoms with van der Waals surface area (Å²) in [6, 6.07) is 15.5. The average molecular weight is 454 g/mol. The molecule has 4 rings (SSSR count). The number of hydrazine groups is 1. The summed E-state index contributed by atoms with van der Waals surface area (Å²) < 4.78 is 31.1. The number of hydrogen-bond acceptors (Lipinski definition) is 6. The first kappa shape index (κ1) is 22.5. The zero-order valence-corrected chi connectivity index (χ0v) is 18.7. The van der Waals surface area contributed by atoms with Crippen LogP contribution < -0.4 is 9.57 Å². The molecule has 2 aromatic carbocycles. The van der Waals surface area contributed by atoms with Crippen molar-refractivity contribution in [3.05, 3.63) is 59.7 Å². The van der Waals surface area contributed by atoms with Crippen molar-refractivity contribution in [1.29, 1.82) is 5.26 Å². The number of carbonyl (C=O) groups is 1. The van der Waals surface area contributed by atoms with Crippen LogP contribution in [0.1, 0.15) is 48.0 Å². The molecule has 1 heterocycles. The fourth-order valence-corrected chi connectivity index (χ4v) is 5.29. The molecule has 0 bridgehead atoms. The number of Topliss-reactive ketones (excluding diaryl/α,β-unsaturated/α-hetero) is 1. The smallest absolute Gasteiger partial charge is 0.254 e. The molecule has 0 unspecified atom stereocenters. The van der Waals surface area contributed by atoms with E-state index in [1.165, 1.54) is 12.1 Å². The summed E-state index contributed by atoms with van der Waals surface area (Å²) in [6.07, 6.45) is 4.71. The number of sulfonamides is 1.